The number of hydrogen-bond acceptors (Lipinski definition) is 4. The smallest absolute Gasteiger partial charge is 0.217 e. The Bertz CT molecular complexity index is 361. The van der Waals surface area contributed by atoms with Crippen molar-refractivity contribution in [1.29, 1.82) is 0 Å². The second-order valence-corrected chi connectivity index (χ2v) is 4.09. The first kappa shape index (κ1) is 14.1. The van der Waals surface area contributed by atoms with E-state index in [0.29, 0.717) is 0 Å². The lowest BCUT2D eigenvalue weighted by molar-refractivity contribution is -0.786. The largest absolute Gasteiger partial charge is 0.726 e. The molecule has 15 heavy (non-hydrogen) atoms. The molecule has 0 aliphatic carbocycles. The number of benzene rings is 1. The molecule has 0 amide bonds. The Morgan fingerprint density at radius 1 is 1.20 bits per heavy atom. The minimum Gasteiger partial charge on any atom is -0.726 e. The molecule has 1 N–H and O–H groups in total. The van der Waals surface area contributed by atoms with Gasteiger partial charge in [0.1, 0.15) is 5.69 Å². The maximum atomic E-state index is 9.22. The van der Waals surface area contributed by atoms with Gasteiger partial charge in [0.05, 0.1) is 21.2 Å². The number of quaternary nitrogens is 1. The van der Waals surface area contributed by atoms with Crippen molar-refractivity contribution in [1.82, 2.24) is 0 Å². The van der Waals surface area contributed by atoms with Crippen LogP contribution >= 0.6 is 0 Å². The minimum absolute atomic E-state index is 0.808. The number of para-hydroxylation sites is 1. The van der Waals surface area contributed by atoms with Gasteiger partial charge in [0.2, 0.25) is 10.4 Å². The van der Waals surface area contributed by atoms with Crippen LogP contribution in [-0.2, 0) is 14.6 Å². The van der Waals surface area contributed by atoms with Crippen molar-refractivity contribution in [3.63, 3.8) is 0 Å². The lowest BCUT2D eigenvalue weighted by Gasteiger charge is -2.03. The molecule has 6 heteroatoms. The number of rotatable bonds is 2. The molecular formula is C9H15NO4S. The van der Waals surface area contributed by atoms with E-state index in [2.05, 4.69) is 42.5 Å². The molecule has 0 fully saturated rings. The molecule has 5 nitrogen and oxygen atoms in total. The number of hydrogen-bond donors (Lipinski definition) is 1. The fraction of sp³-hybridized carbons (Fsp3) is 0.333. The van der Waals surface area contributed by atoms with Crippen LogP contribution in [0.4, 0.5) is 5.69 Å². The van der Waals surface area contributed by atoms with Crippen molar-refractivity contribution < 1.29 is 22.1 Å². The van der Waals surface area contributed by atoms with Crippen molar-refractivity contribution in [3.05, 3.63) is 30.3 Å². The van der Waals surface area contributed by atoms with E-state index in [-0.39, 0.29) is 0 Å². The van der Waals surface area contributed by atoms with Crippen LogP contribution < -0.4 is 4.90 Å². The maximum absolute atomic E-state index is 9.22. The molecule has 0 spiro atoms. The van der Waals surface area contributed by atoms with E-state index >= 15 is 0 Å². The van der Waals surface area contributed by atoms with Gasteiger partial charge in [0.25, 0.3) is 0 Å². The molecule has 0 aliphatic rings. The fourth-order valence-corrected chi connectivity index (χ4v) is 0.771. The third kappa shape index (κ3) is 8.07. The van der Waals surface area contributed by atoms with Gasteiger partial charge in [-0.15, -0.1) is 0 Å². The SMILES string of the molecule is COS(=O)(=O)[O-].C[NH+](C)c1ccccc1. The second-order valence-electron chi connectivity index (χ2n) is 2.94. The molecule has 0 unspecified atom stereocenters. The quantitative estimate of drug-likeness (QED) is 0.555. The molecule has 0 radical (unpaired) electrons. The fourth-order valence-electron chi connectivity index (χ4n) is 0.771. The molecule has 1 aromatic rings. The Labute approximate surface area is 90.2 Å². The van der Waals surface area contributed by atoms with Crippen LogP contribution in [0, 0.1) is 0 Å². The lowest BCUT2D eigenvalue weighted by atomic mass is 10.3. The van der Waals surface area contributed by atoms with Gasteiger partial charge in [-0.1, -0.05) is 18.2 Å². The van der Waals surface area contributed by atoms with Gasteiger partial charge in [0.15, 0.2) is 0 Å². The van der Waals surface area contributed by atoms with Crippen molar-refractivity contribution in [2.24, 2.45) is 0 Å². The summed E-state index contributed by atoms with van der Waals surface area (Å²) in [5, 5.41) is 0. The molecule has 0 heterocycles. The van der Waals surface area contributed by atoms with E-state index in [1.807, 2.05) is 6.07 Å². The van der Waals surface area contributed by atoms with Crippen LogP contribution in [0.1, 0.15) is 0 Å². The van der Waals surface area contributed by atoms with Crippen molar-refractivity contribution in [2.75, 3.05) is 21.2 Å². The van der Waals surface area contributed by atoms with E-state index in [0.717, 1.165) is 7.11 Å². The summed E-state index contributed by atoms with van der Waals surface area (Å²) in [6, 6.07) is 10.4. The molecule has 0 saturated carbocycles. The molecule has 0 saturated heterocycles. The summed E-state index contributed by atoms with van der Waals surface area (Å²) in [6.07, 6.45) is 0. The Morgan fingerprint density at radius 3 is 1.80 bits per heavy atom. The highest BCUT2D eigenvalue weighted by molar-refractivity contribution is 7.80. The zero-order valence-corrected chi connectivity index (χ0v) is 9.74. The second kappa shape index (κ2) is 6.52. The van der Waals surface area contributed by atoms with Gasteiger partial charge in [-0.2, -0.15) is 0 Å². The summed E-state index contributed by atoms with van der Waals surface area (Å²) in [6.45, 7) is 0. The summed E-state index contributed by atoms with van der Waals surface area (Å²) in [4.78, 5) is 1.37. The molecule has 0 aromatic heterocycles. The van der Waals surface area contributed by atoms with E-state index in [1.165, 1.54) is 10.6 Å². The summed E-state index contributed by atoms with van der Waals surface area (Å²) in [5.74, 6) is 0. The maximum Gasteiger partial charge on any atom is 0.217 e. The van der Waals surface area contributed by atoms with Gasteiger partial charge in [-0.05, 0) is 12.1 Å². The average Bonchev–Trinajstić information content (AvgIpc) is 2.19. The molecular weight excluding hydrogens is 218 g/mol. The topological polar surface area (TPSA) is 70.9 Å². The van der Waals surface area contributed by atoms with Crippen LogP contribution in [0.15, 0.2) is 30.3 Å². The van der Waals surface area contributed by atoms with E-state index in [1.54, 1.807) is 0 Å². The van der Waals surface area contributed by atoms with E-state index in [4.69, 9.17) is 0 Å². The summed E-state index contributed by atoms with van der Waals surface area (Å²) >= 11 is 0. The van der Waals surface area contributed by atoms with E-state index in [9.17, 15) is 13.0 Å². The lowest BCUT2D eigenvalue weighted by Crippen LogP contribution is -3.00. The molecule has 86 valence electrons. The van der Waals surface area contributed by atoms with Crippen molar-refractivity contribution in [2.45, 2.75) is 0 Å². The van der Waals surface area contributed by atoms with Crippen LogP contribution in [0.2, 0.25) is 0 Å². The third-order valence-corrected chi connectivity index (χ3v) is 1.96. The first-order valence-electron chi connectivity index (χ1n) is 4.24. The predicted molar refractivity (Wildman–Crippen MR) is 55.6 cm³/mol. The monoisotopic (exact) mass is 233 g/mol. The van der Waals surface area contributed by atoms with Crippen molar-refractivity contribution in [3.8, 4) is 0 Å². The normalized spacial score (nSPS) is 10.7. The summed E-state index contributed by atoms with van der Waals surface area (Å²) < 4.78 is 31.0. The minimum atomic E-state index is -4.41. The van der Waals surface area contributed by atoms with Gasteiger partial charge >= 0.3 is 0 Å². The molecule has 0 bridgehead atoms. The predicted octanol–water partition coefficient (Wildman–Crippen LogP) is -0.444. The van der Waals surface area contributed by atoms with Crippen molar-refractivity contribution >= 4 is 16.1 Å². The Kier molecular flexibility index (Phi) is 6.11. The zero-order valence-electron chi connectivity index (χ0n) is 8.93. The first-order valence-corrected chi connectivity index (χ1v) is 5.57. The van der Waals surface area contributed by atoms with Crippen LogP contribution in [0.25, 0.3) is 0 Å². The highest BCUT2D eigenvalue weighted by Crippen LogP contribution is 1.96. The molecule has 0 aliphatic heterocycles. The van der Waals surface area contributed by atoms with Gasteiger partial charge in [0, 0.05) is 0 Å². The summed E-state index contributed by atoms with van der Waals surface area (Å²) in [7, 11) is 0.637. The Balaban J connectivity index is 0.000000288. The third-order valence-electron chi connectivity index (χ3n) is 1.56. The van der Waals surface area contributed by atoms with E-state index < -0.39 is 10.4 Å². The van der Waals surface area contributed by atoms with Crippen LogP contribution in [-0.4, -0.2) is 34.2 Å². The average molecular weight is 233 g/mol. The highest BCUT2D eigenvalue weighted by Gasteiger charge is 1.93. The first-order chi connectivity index (χ1) is 6.87. The van der Waals surface area contributed by atoms with Crippen LogP contribution in [0.5, 0.6) is 0 Å². The van der Waals surface area contributed by atoms with Gasteiger partial charge in [-0.3, -0.25) is 4.18 Å². The Morgan fingerprint density at radius 2 is 1.60 bits per heavy atom. The Hall–Kier alpha value is -0.950. The van der Waals surface area contributed by atoms with Gasteiger partial charge < -0.3 is 9.45 Å². The highest BCUT2D eigenvalue weighted by atomic mass is 32.3. The zero-order chi connectivity index (χ0) is 11.9. The van der Waals surface area contributed by atoms with Gasteiger partial charge in [-0.25, -0.2) is 8.42 Å². The standard InChI is InChI=1S/C8H11N.CH4O4S/c1-9(2)8-6-4-3-5-7-8;1-5-6(2,3)4/h3-7H,1-2H3;1H3,(H,2,3,4). The summed E-state index contributed by atoms with van der Waals surface area (Å²) in [5.41, 5.74) is 1.33. The van der Waals surface area contributed by atoms with Crippen LogP contribution in [0.3, 0.4) is 0 Å². The number of nitrogens with one attached hydrogen (secondary N) is 1. The molecule has 1 aromatic carbocycles. The molecule has 1 rings (SSSR count). The molecule has 0 atom stereocenters.